The molecule has 0 atom stereocenters. The predicted molar refractivity (Wildman–Crippen MR) is 117 cm³/mol. The number of likely N-dealkylation sites (N-methyl/N-ethyl adjacent to an activating group) is 1. The summed E-state index contributed by atoms with van der Waals surface area (Å²) in [5.74, 6) is 1.58. The second-order valence-corrected chi connectivity index (χ2v) is 7.72. The number of likely N-dealkylation sites (tertiary alicyclic amines) is 1. The SMILES string of the molecule is CN(C)C(=O)CN=C(NCCc1ccco1)NC1CCN(Cc2ccccn2)CC1. The van der Waals surface area contributed by atoms with Crippen molar-refractivity contribution in [1.82, 2.24) is 25.4 Å². The van der Waals surface area contributed by atoms with Gasteiger partial charge in [0.25, 0.3) is 0 Å². The summed E-state index contributed by atoms with van der Waals surface area (Å²) >= 11 is 0. The third-order valence-electron chi connectivity index (χ3n) is 5.16. The highest BCUT2D eigenvalue weighted by Crippen LogP contribution is 2.13. The molecule has 1 fully saturated rings. The minimum atomic E-state index is -0.0210. The lowest BCUT2D eigenvalue weighted by molar-refractivity contribution is -0.127. The van der Waals surface area contributed by atoms with Crippen LogP contribution in [-0.4, -0.2) is 73.0 Å². The van der Waals surface area contributed by atoms with Crippen molar-refractivity contribution in [2.45, 2.75) is 31.8 Å². The van der Waals surface area contributed by atoms with Gasteiger partial charge in [-0.15, -0.1) is 0 Å². The Hall–Kier alpha value is -2.87. The number of carbonyl (C=O) groups is 1. The lowest BCUT2D eigenvalue weighted by atomic mass is 10.0. The van der Waals surface area contributed by atoms with E-state index >= 15 is 0 Å². The lowest BCUT2D eigenvalue weighted by Gasteiger charge is -2.33. The molecule has 2 aromatic heterocycles. The van der Waals surface area contributed by atoms with E-state index in [0.29, 0.717) is 18.5 Å². The molecule has 0 aliphatic carbocycles. The van der Waals surface area contributed by atoms with E-state index in [1.54, 1.807) is 25.3 Å². The molecule has 1 amide bonds. The van der Waals surface area contributed by atoms with E-state index in [4.69, 9.17) is 4.42 Å². The molecule has 30 heavy (non-hydrogen) atoms. The van der Waals surface area contributed by atoms with Crippen molar-refractivity contribution in [3.8, 4) is 0 Å². The molecule has 1 saturated heterocycles. The van der Waals surface area contributed by atoms with Gasteiger partial charge in [-0.3, -0.25) is 14.7 Å². The maximum atomic E-state index is 12.0. The van der Waals surface area contributed by atoms with Crippen molar-refractivity contribution in [2.75, 3.05) is 40.3 Å². The van der Waals surface area contributed by atoms with Gasteiger partial charge in [0.2, 0.25) is 5.91 Å². The largest absolute Gasteiger partial charge is 0.469 e. The summed E-state index contributed by atoms with van der Waals surface area (Å²) in [7, 11) is 3.49. The van der Waals surface area contributed by atoms with Crippen LogP contribution in [0.15, 0.2) is 52.2 Å². The molecule has 0 saturated carbocycles. The molecule has 0 spiro atoms. The number of furan rings is 1. The highest BCUT2D eigenvalue weighted by Gasteiger charge is 2.20. The van der Waals surface area contributed by atoms with Crippen molar-refractivity contribution in [3.05, 3.63) is 54.2 Å². The average Bonchev–Trinajstić information content (AvgIpc) is 3.27. The number of pyridine rings is 1. The number of hydrogen-bond donors (Lipinski definition) is 2. The van der Waals surface area contributed by atoms with Crippen molar-refractivity contribution in [1.29, 1.82) is 0 Å². The van der Waals surface area contributed by atoms with Gasteiger partial charge in [-0.05, 0) is 37.1 Å². The van der Waals surface area contributed by atoms with Crippen LogP contribution < -0.4 is 10.6 Å². The normalized spacial score (nSPS) is 15.7. The van der Waals surface area contributed by atoms with E-state index in [2.05, 4.69) is 31.6 Å². The standard InChI is InChI=1S/C22H32N6O2/c1-27(2)21(29)16-25-22(24-12-8-20-7-5-15-30-20)26-18-9-13-28(14-10-18)17-19-6-3-4-11-23-19/h3-7,11,15,18H,8-10,12-14,16-17H2,1-2H3,(H2,24,25,26). The zero-order valence-corrected chi connectivity index (χ0v) is 17.9. The molecule has 8 nitrogen and oxygen atoms in total. The number of carbonyl (C=O) groups excluding carboxylic acids is 1. The van der Waals surface area contributed by atoms with Crippen LogP contribution in [0.25, 0.3) is 0 Å². The van der Waals surface area contributed by atoms with E-state index < -0.39 is 0 Å². The fraction of sp³-hybridized carbons (Fsp3) is 0.500. The first-order valence-corrected chi connectivity index (χ1v) is 10.5. The van der Waals surface area contributed by atoms with E-state index in [1.807, 2.05) is 30.5 Å². The van der Waals surface area contributed by atoms with Crippen LogP contribution in [0.3, 0.4) is 0 Å². The maximum absolute atomic E-state index is 12.0. The molecule has 2 N–H and O–H groups in total. The van der Waals surface area contributed by atoms with Gasteiger partial charge in [0, 0.05) is 58.9 Å². The van der Waals surface area contributed by atoms with Crippen LogP contribution in [0.4, 0.5) is 0 Å². The molecule has 0 aromatic carbocycles. The second-order valence-electron chi connectivity index (χ2n) is 7.72. The summed E-state index contributed by atoms with van der Waals surface area (Å²) in [6.45, 7) is 3.71. The number of guanidine groups is 1. The number of nitrogens with one attached hydrogen (secondary N) is 2. The third-order valence-corrected chi connectivity index (χ3v) is 5.16. The number of aliphatic imine (C=N–C) groups is 1. The van der Waals surface area contributed by atoms with Crippen molar-refractivity contribution < 1.29 is 9.21 Å². The Morgan fingerprint density at radius 3 is 2.77 bits per heavy atom. The topological polar surface area (TPSA) is 86.0 Å². The smallest absolute Gasteiger partial charge is 0.243 e. The van der Waals surface area contributed by atoms with Crippen molar-refractivity contribution in [2.24, 2.45) is 4.99 Å². The summed E-state index contributed by atoms with van der Waals surface area (Å²) in [5.41, 5.74) is 1.10. The number of amides is 1. The van der Waals surface area contributed by atoms with E-state index in [0.717, 1.165) is 50.4 Å². The quantitative estimate of drug-likeness (QED) is 0.505. The zero-order valence-electron chi connectivity index (χ0n) is 17.9. The first kappa shape index (κ1) is 21.8. The molecule has 3 rings (SSSR count). The van der Waals surface area contributed by atoms with Gasteiger partial charge in [-0.1, -0.05) is 6.07 Å². The monoisotopic (exact) mass is 412 g/mol. The van der Waals surface area contributed by atoms with Crippen LogP contribution in [0.2, 0.25) is 0 Å². The first-order valence-electron chi connectivity index (χ1n) is 10.5. The number of rotatable bonds is 8. The van der Waals surface area contributed by atoms with Crippen molar-refractivity contribution >= 4 is 11.9 Å². The molecular formula is C22H32N6O2. The molecular weight excluding hydrogens is 380 g/mol. The Morgan fingerprint density at radius 2 is 2.10 bits per heavy atom. The van der Waals surface area contributed by atoms with Crippen molar-refractivity contribution in [3.63, 3.8) is 0 Å². The Morgan fingerprint density at radius 1 is 1.27 bits per heavy atom. The van der Waals surface area contributed by atoms with Crippen LogP contribution in [-0.2, 0) is 17.8 Å². The summed E-state index contributed by atoms with van der Waals surface area (Å²) in [6.07, 6.45) is 6.32. The molecule has 1 aliphatic rings. The number of nitrogens with zero attached hydrogens (tertiary/aromatic N) is 4. The molecule has 3 heterocycles. The molecule has 8 heteroatoms. The lowest BCUT2D eigenvalue weighted by Crippen LogP contribution is -2.49. The van der Waals surface area contributed by atoms with E-state index in [-0.39, 0.29) is 12.5 Å². The molecule has 2 aromatic rings. The van der Waals surface area contributed by atoms with E-state index in [1.165, 1.54) is 0 Å². The summed E-state index contributed by atoms with van der Waals surface area (Å²) in [5, 5.41) is 6.85. The average molecular weight is 413 g/mol. The zero-order chi connectivity index (χ0) is 21.2. The first-order chi connectivity index (χ1) is 14.6. The highest BCUT2D eigenvalue weighted by atomic mass is 16.3. The molecule has 0 radical (unpaired) electrons. The van der Waals surface area contributed by atoms with Crippen LogP contribution in [0, 0.1) is 0 Å². The molecule has 162 valence electrons. The van der Waals surface area contributed by atoms with Crippen LogP contribution >= 0.6 is 0 Å². The molecule has 0 unspecified atom stereocenters. The Bertz CT molecular complexity index is 783. The van der Waals surface area contributed by atoms with Gasteiger partial charge in [-0.25, -0.2) is 4.99 Å². The summed E-state index contributed by atoms with van der Waals surface area (Å²) in [6, 6.07) is 10.2. The van der Waals surface area contributed by atoms with Gasteiger partial charge >= 0.3 is 0 Å². The molecule has 1 aliphatic heterocycles. The van der Waals surface area contributed by atoms with Crippen LogP contribution in [0.1, 0.15) is 24.3 Å². The minimum Gasteiger partial charge on any atom is -0.469 e. The highest BCUT2D eigenvalue weighted by molar-refractivity contribution is 5.84. The second kappa shape index (κ2) is 11.3. The molecule has 0 bridgehead atoms. The minimum absolute atomic E-state index is 0.0210. The van der Waals surface area contributed by atoms with Gasteiger partial charge < -0.3 is 20.0 Å². The van der Waals surface area contributed by atoms with Gasteiger partial charge in [0.1, 0.15) is 12.3 Å². The van der Waals surface area contributed by atoms with Crippen LogP contribution in [0.5, 0.6) is 0 Å². The predicted octanol–water partition coefficient (Wildman–Crippen LogP) is 1.51. The Balaban J connectivity index is 1.49. The number of piperidine rings is 1. The summed E-state index contributed by atoms with van der Waals surface area (Å²) < 4.78 is 5.38. The fourth-order valence-electron chi connectivity index (χ4n) is 3.35. The maximum Gasteiger partial charge on any atom is 0.243 e. The fourth-order valence-corrected chi connectivity index (χ4v) is 3.35. The Kier molecular flexibility index (Phi) is 8.26. The number of hydrogen-bond acceptors (Lipinski definition) is 5. The Labute approximate surface area is 178 Å². The van der Waals surface area contributed by atoms with Gasteiger partial charge in [0.05, 0.1) is 12.0 Å². The summed E-state index contributed by atoms with van der Waals surface area (Å²) in [4.78, 5) is 24.8. The van der Waals surface area contributed by atoms with Gasteiger partial charge in [0.15, 0.2) is 5.96 Å². The number of aromatic nitrogens is 1. The van der Waals surface area contributed by atoms with Gasteiger partial charge in [-0.2, -0.15) is 0 Å². The third kappa shape index (κ3) is 7.18. The van der Waals surface area contributed by atoms with E-state index in [9.17, 15) is 4.79 Å².